The molecule has 2 N–H and O–H groups in total. The molecule has 0 heterocycles. The van der Waals surface area contributed by atoms with Crippen molar-refractivity contribution in [1.29, 1.82) is 5.26 Å². The number of rotatable bonds is 5. The number of hydrazine groups is 1. The maximum atomic E-state index is 13.1. The number of nitrogens with one attached hydrogen (secondary N) is 2. The van der Waals surface area contributed by atoms with Crippen LogP contribution in [0.15, 0.2) is 77.7 Å². The summed E-state index contributed by atoms with van der Waals surface area (Å²) >= 11 is 2.41. The SMILES string of the molecule is Cc1c([As])cccc1NC(=O)N(NS(=O)(=O)c1ccccc1)c1ccc(C#N)cc1. The van der Waals surface area contributed by atoms with Gasteiger partial charge in [-0.3, -0.25) is 0 Å². The zero-order chi connectivity index (χ0) is 21.7. The first-order valence-corrected chi connectivity index (χ1v) is 11.2. The number of hydrogen-bond donors (Lipinski definition) is 2. The molecular weight excluding hydrogens is 463 g/mol. The van der Waals surface area contributed by atoms with Gasteiger partial charge in [-0.15, -0.1) is 0 Å². The van der Waals surface area contributed by atoms with Gasteiger partial charge < -0.3 is 0 Å². The van der Waals surface area contributed by atoms with Crippen LogP contribution in [0.3, 0.4) is 0 Å². The maximum absolute atomic E-state index is 13.1. The van der Waals surface area contributed by atoms with E-state index in [0.29, 0.717) is 11.3 Å². The van der Waals surface area contributed by atoms with Crippen molar-refractivity contribution in [3.8, 4) is 6.07 Å². The van der Waals surface area contributed by atoms with Gasteiger partial charge in [0, 0.05) is 0 Å². The summed E-state index contributed by atoms with van der Waals surface area (Å²) in [6.07, 6.45) is 0. The Morgan fingerprint density at radius 1 is 1.00 bits per heavy atom. The van der Waals surface area contributed by atoms with E-state index in [0.717, 1.165) is 14.9 Å². The van der Waals surface area contributed by atoms with Crippen LogP contribution in [0.2, 0.25) is 0 Å². The van der Waals surface area contributed by atoms with Crippen LogP contribution in [0.25, 0.3) is 0 Å². The van der Waals surface area contributed by atoms with Gasteiger partial charge in [0.1, 0.15) is 0 Å². The molecular formula is C21H17AsN4O3S. The number of urea groups is 1. The molecule has 0 spiro atoms. The van der Waals surface area contributed by atoms with Gasteiger partial charge in [0.25, 0.3) is 0 Å². The zero-order valence-corrected chi connectivity index (χ0v) is 18.6. The average molecular weight is 480 g/mol. The summed E-state index contributed by atoms with van der Waals surface area (Å²) in [4.78, 5) is 15.4. The summed E-state index contributed by atoms with van der Waals surface area (Å²) in [5, 5.41) is 12.6. The average Bonchev–Trinajstić information content (AvgIpc) is 2.76. The Kier molecular flexibility index (Phi) is 6.58. The van der Waals surface area contributed by atoms with Crippen molar-refractivity contribution in [2.45, 2.75) is 11.8 Å². The van der Waals surface area contributed by atoms with Crippen molar-refractivity contribution >= 4 is 48.6 Å². The Morgan fingerprint density at radius 3 is 2.30 bits per heavy atom. The minimum atomic E-state index is -4.03. The Bertz CT molecular complexity index is 1210. The fraction of sp³-hybridized carbons (Fsp3) is 0.0476. The molecule has 3 rings (SSSR count). The molecule has 0 aliphatic rings. The third kappa shape index (κ3) is 4.89. The van der Waals surface area contributed by atoms with Crippen LogP contribution in [0.4, 0.5) is 16.2 Å². The molecule has 9 heteroatoms. The van der Waals surface area contributed by atoms with Crippen LogP contribution >= 0.6 is 0 Å². The van der Waals surface area contributed by atoms with E-state index in [9.17, 15) is 13.2 Å². The summed E-state index contributed by atoms with van der Waals surface area (Å²) < 4.78 is 26.6. The monoisotopic (exact) mass is 480 g/mol. The Morgan fingerprint density at radius 2 is 1.67 bits per heavy atom. The fourth-order valence-electron chi connectivity index (χ4n) is 2.60. The predicted molar refractivity (Wildman–Crippen MR) is 116 cm³/mol. The molecule has 0 bridgehead atoms. The first-order chi connectivity index (χ1) is 14.3. The van der Waals surface area contributed by atoms with E-state index in [-0.39, 0.29) is 10.6 Å². The molecule has 30 heavy (non-hydrogen) atoms. The van der Waals surface area contributed by atoms with Gasteiger partial charge in [-0.1, -0.05) is 0 Å². The molecule has 3 aromatic rings. The van der Waals surface area contributed by atoms with Crippen molar-refractivity contribution < 1.29 is 13.2 Å². The first kappa shape index (κ1) is 21.6. The standard InChI is InChI=1S/C21H17AsN4O3S/c1-15-19(22)8-5-9-20(15)24-21(27)26(17-12-10-16(14-23)11-13-17)25-30(28,29)18-6-3-2-4-7-18/h2-13,25H,1H3,(H,24,27). The molecule has 2 radical (unpaired) electrons. The predicted octanol–water partition coefficient (Wildman–Crippen LogP) is 2.59. The van der Waals surface area contributed by atoms with Crippen molar-refractivity contribution in [3.05, 3.63) is 83.9 Å². The van der Waals surface area contributed by atoms with E-state index in [4.69, 9.17) is 5.26 Å². The summed E-state index contributed by atoms with van der Waals surface area (Å²) in [5.41, 5.74) is 2.04. The van der Waals surface area contributed by atoms with E-state index in [1.165, 1.54) is 36.4 Å². The molecule has 0 aromatic heterocycles. The number of nitriles is 1. The van der Waals surface area contributed by atoms with Crippen molar-refractivity contribution in [2.24, 2.45) is 0 Å². The Hall–Kier alpha value is -3.11. The van der Waals surface area contributed by atoms with Gasteiger partial charge in [-0.2, -0.15) is 0 Å². The number of carbonyl (C=O) groups is 1. The van der Waals surface area contributed by atoms with Crippen molar-refractivity contribution in [3.63, 3.8) is 0 Å². The van der Waals surface area contributed by atoms with E-state index >= 15 is 0 Å². The molecule has 0 saturated carbocycles. The number of anilines is 2. The van der Waals surface area contributed by atoms with Crippen LogP contribution in [0, 0.1) is 18.3 Å². The molecule has 7 nitrogen and oxygen atoms in total. The molecule has 0 fully saturated rings. The Balaban J connectivity index is 1.97. The quantitative estimate of drug-likeness (QED) is 0.433. The number of amides is 2. The van der Waals surface area contributed by atoms with Gasteiger partial charge in [0.2, 0.25) is 0 Å². The van der Waals surface area contributed by atoms with Crippen LogP contribution in [0.1, 0.15) is 11.1 Å². The summed E-state index contributed by atoms with van der Waals surface area (Å²) in [5.74, 6) is 0. The number of hydrogen-bond acceptors (Lipinski definition) is 4. The molecule has 0 aliphatic carbocycles. The molecule has 2 amide bonds. The van der Waals surface area contributed by atoms with Gasteiger partial charge in [0.05, 0.1) is 0 Å². The number of benzene rings is 3. The van der Waals surface area contributed by atoms with Crippen molar-refractivity contribution in [2.75, 3.05) is 10.3 Å². The zero-order valence-electron chi connectivity index (χ0n) is 15.9. The second kappa shape index (κ2) is 9.14. The summed E-state index contributed by atoms with van der Waals surface area (Å²) in [7, 11) is -4.03. The van der Waals surface area contributed by atoms with Gasteiger partial charge in [-0.05, 0) is 0 Å². The summed E-state index contributed by atoms with van der Waals surface area (Å²) in [6.45, 7) is 1.85. The van der Waals surface area contributed by atoms with Crippen LogP contribution < -0.4 is 19.5 Å². The molecule has 0 unspecified atom stereocenters. The molecule has 0 aliphatic heterocycles. The number of sulfonamides is 1. The van der Waals surface area contributed by atoms with Gasteiger partial charge in [0.15, 0.2) is 0 Å². The molecule has 0 atom stereocenters. The van der Waals surface area contributed by atoms with E-state index in [1.807, 2.05) is 19.1 Å². The van der Waals surface area contributed by atoms with Crippen LogP contribution in [-0.2, 0) is 10.0 Å². The second-order valence-corrected chi connectivity index (χ2v) is 8.95. The normalized spacial score (nSPS) is 10.8. The van der Waals surface area contributed by atoms with Gasteiger partial charge >= 0.3 is 184 Å². The second-order valence-electron chi connectivity index (χ2n) is 6.28. The van der Waals surface area contributed by atoms with Crippen LogP contribution in [-0.4, -0.2) is 31.3 Å². The van der Waals surface area contributed by atoms with E-state index in [2.05, 4.69) is 27.0 Å². The minimum absolute atomic E-state index is 0.0143. The third-order valence-electron chi connectivity index (χ3n) is 4.27. The van der Waals surface area contributed by atoms with E-state index < -0.39 is 16.1 Å². The first-order valence-electron chi connectivity index (χ1n) is 8.79. The molecule has 0 saturated heterocycles. The number of nitrogens with zero attached hydrogens (tertiary/aromatic N) is 2. The van der Waals surface area contributed by atoms with Crippen LogP contribution in [0.5, 0.6) is 0 Å². The van der Waals surface area contributed by atoms with Gasteiger partial charge in [-0.25, -0.2) is 0 Å². The third-order valence-corrected chi connectivity index (χ3v) is 6.60. The Labute approximate surface area is 183 Å². The van der Waals surface area contributed by atoms with E-state index in [1.54, 1.807) is 30.3 Å². The number of carbonyl (C=O) groups excluding carboxylic acids is 1. The fourth-order valence-corrected chi connectivity index (χ4v) is 4.08. The summed E-state index contributed by atoms with van der Waals surface area (Å²) in [6, 6.07) is 20.4. The molecule has 150 valence electrons. The topological polar surface area (TPSA) is 102 Å². The van der Waals surface area contributed by atoms with Crippen molar-refractivity contribution in [1.82, 2.24) is 4.83 Å². The molecule has 3 aromatic carbocycles.